The van der Waals surface area contributed by atoms with Gasteiger partial charge in [0.25, 0.3) is 0 Å². The van der Waals surface area contributed by atoms with Crippen LogP contribution in [-0.4, -0.2) is 15.0 Å². The van der Waals surface area contributed by atoms with Crippen molar-refractivity contribution >= 4 is 10.8 Å². The van der Waals surface area contributed by atoms with Gasteiger partial charge in [-0.1, -0.05) is 170 Å². The van der Waals surface area contributed by atoms with E-state index in [-0.39, 0.29) is 0 Å². The molecule has 0 N–H and O–H groups in total. The molecule has 1 aromatic heterocycles. The van der Waals surface area contributed by atoms with Gasteiger partial charge in [-0.2, -0.15) is 0 Å². The third-order valence-corrected chi connectivity index (χ3v) is 11.0. The summed E-state index contributed by atoms with van der Waals surface area (Å²) in [5.74, 6) is 3.61. The molecule has 9 aromatic rings. The number of nitrogens with zero attached hydrogens (tertiary/aromatic N) is 3. The highest BCUT2D eigenvalue weighted by atomic mass is 16.5. The highest BCUT2D eigenvalue weighted by Gasteiger charge is 2.51. The van der Waals surface area contributed by atoms with E-state index in [0.717, 1.165) is 61.6 Å². The molecular formula is C50H31N3O. The second-order valence-corrected chi connectivity index (χ2v) is 13.9. The first kappa shape index (κ1) is 30.5. The number of hydrogen-bond donors (Lipinski definition) is 0. The molecule has 4 nitrogen and oxygen atoms in total. The number of aromatic nitrogens is 3. The van der Waals surface area contributed by atoms with Crippen LogP contribution in [0.25, 0.3) is 67.2 Å². The lowest BCUT2D eigenvalue weighted by Crippen LogP contribution is -2.32. The molecule has 11 rings (SSSR count). The molecule has 1 aliphatic heterocycles. The van der Waals surface area contributed by atoms with Gasteiger partial charge in [0.1, 0.15) is 11.5 Å². The summed E-state index contributed by atoms with van der Waals surface area (Å²) < 4.78 is 6.58. The van der Waals surface area contributed by atoms with Crippen LogP contribution in [0.1, 0.15) is 22.3 Å². The van der Waals surface area contributed by atoms with Gasteiger partial charge in [-0.15, -0.1) is 0 Å². The highest BCUT2D eigenvalue weighted by molar-refractivity contribution is 5.96. The quantitative estimate of drug-likeness (QED) is 0.185. The van der Waals surface area contributed by atoms with E-state index in [9.17, 15) is 0 Å². The number of benzene rings is 8. The van der Waals surface area contributed by atoms with Crippen LogP contribution < -0.4 is 4.74 Å². The molecule has 0 bridgehead atoms. The summed E-state index contributed by atoms with van der Waals surface area (Å²) in [5.41, 5.74) is 11.4. The van der Waals surface area contributed by atoms with Crippen LogP contribution in [0.5, 0.6) is 11.5 Å². The van der Waals surface area contributed by atoms with E-state index in [1.807, 2.05) is 30.3 Å². The van der Waals surface area contributed by atoms with Gasteiger partial charge in [-0.05, 0) is 62.4 Å². The van der Waals surface area contributed by atoms with Crippen molar-refractivity contribution in [3.05, 3.63) is 210 Å². The normalized spacial score (nSPS) is 13.1. The summed E-state index contributed by atoms with van der Waals surface area (Å²) in [6.07, 6.45) is 0. The number of ether oxygens (including phenoxy) is 1. The molecule has 252 valence electrons. The molecule has 0 unspecified atom stereocenters. The molecule has 4 heteroatoms. The maximum atomic E-state index is 6.58. The minimum Gasteiger partial charge on any atom is -0.457 e. The second kappa shape index (κ2) is 11.9. The van der Waals surface area contributed by atoms with Crippen LogP contribution in [0, 0.1) is 0 Å². The molecule has 0 fully saturated rings. The zero-order valence-corrected chi connectivity index (χ0v) is 29.1. The van der Waals surface area contributed by atoms with Gasteiger partial charge in [-0.25, -0.2) is 15.0 Å². The lowest BCUT2D eigenvalue weighted by molar-refractivity contribution is 0.436. The summed E-state index contributed by atoms with van der Waals surface area (Å²) in [4.78, 5) is 15.8. The summed E-state index contributed by atoms with van der Waals surface area (Å²) >= 11 is 0. The van der Waals surface area contributed by atoms with E-state index in [4.69, 9.17) is 19.7 Å². The van der Waals surface area contributed by atoms with Gasteiger partial charge in [0.05, 0.1) is 5.41 Å². The third-order valence-electron chi connectivity index (χ3n) is 11.0. The molecule has 0 saturated heterocycles. The molecule has 54 heavy (non-hydrogen) atoms. The van der Waals surface area contributed by atoms with Crippen LogP contribution >= 0.6 is 0 Å². The monoisotopic (exact) mass is 689 g/mol. The highest BCUT2D eigenvalue weighted by Crippen LogP contribution is 2.63. The maximum absolute atomic E-state index is 6.58. The standard InChI is InChI=1S/C50H31N3O/c1-2-16-33(17-3-1)47-51-48(37-20-7-6-19-36(37)35-30-29-32-15-4-5-18-34(32)31-35)53-49(52-47)39-22-14-26-43-46(39)38-21-8-9-23-40(38)50(43)41-24-10-12-27-44(41)54-45-28-13-11-25-42(45)50/h1-31H. The smallest absolute Gasteiger partial charge is 0.164 e. The fraction of sp³-hybridized carbons (Fsp3) is 0.0200. The largest absolute Gasteiger partial charge is 0.457 e. The Kier molecular flexibility index (Phi) is 6.73. The lowest BCUT2D eigenvalue weighted by atomic mass is 9.66. The van der Waals surface area contributed by atoms with Gasteiger partial charge in [0.15, 0.2) is 17.5 Å². The SMILES string of the molecule is c1ccc(-c2nc(-c3ccccc3-c3ccc4ccccc4c3)nc(-c3cccc4c3-c3ccccc3C43c4ccccc4Oc4ccccc43)n2)cc1. The fourth-order valence-corrected chi connectivity index (χ4v) is 8.71. The van der Waals surface area contributed by atoms with Crippen LogP contribution in [0.2, 0.25) is 0 Å². The molecule has 1 spiro atoms. The first-order valence-corrected chi connectivity index (χ1v) is 18.3. The molecular weight excluding hydrogens is 659 g/mol. The minimum atomic E-state index is -0.589. The first-order chi connectivity index (χ1) is 26.8. The maximum Gasteiger partial charge on any atom is 0.164 e. The van der Waals surface area contributed by atoms with Gasteiger partial charge in [-0.3, -0.25) is 0 Å². The average Bonchev–Trinajstić information content (AvgIpc) is 3.54. The zero-order chi connectivity index (χ0) is 35.6. The molecule has 1 aliphatic carbocycles. The lowest BCUT2D eigenvalue weighted by Gasteiger charge is -2.39. The predicted molar refractivity (Wildman–Crippen MR) is 216 cm³/mol. The summed E-state index contributed by atoms with van der Waals surface area (Å²) in [7, 11) is 0. The Bertz CT molecular complexity index is 2890. The topological polar surface area (TPSA) is 47.9 Å². The second-order valence-electron chi connectivity index (χ2n) is 13.9. The summed E-state index contributed by atoms with van der Waals surface area (Å²) in [6.45, 7) is 0. The minimum absolute atomic E-state index is 0.589. The Balaban J connectivity index is 1.18. The average molecular weight is 690 g/mol. The van der Waals surface area contributed by atoms with E-state index >= 15 is 0 Å². The van der Waals surface area contributed by atoms with Crippen molar-refractivity contribution in [1.82, 2.24) is 15.0 Å². The number of rotatable bonds is 4. The fourth-order valence-electron chi connectivity index (χ4n) is 8.71. The Labute approximate surface area is 313 Å². The van der Waals surface area contributed by atoms with Crippen molar-refractivity contribution in [2.24, 2.45) is 0 Å². The molecule has 8 aromatic carbocycles. The number of hydrogen-bond acceptors (Lipinski definition) is 4. The Morgan fingerprint density at radius 1 is 0.333 bits per heavy atom. The van der Waals surface area contributed by atoms with E-state index < -0.39 is 5.41 Å². The van der Waals surface area contributed by atoms with Crippen molar-refractivity contribution in [2.75, 3.05) is 0 Å². The number of para-hydroxylation sites is 2. The van der Waals surface area contributed by atoms with Gasteiger partial charge in [0.2, 0.25) is 0 Å². The summed E-state index contributed by atoms with van der Waals surface area (Å²) in [6, 6.07) is 66.0. The van der Waals surface area contributed by atoms with Crippen LogP contribution in [0.3, 0.4) is 0 Å². The molecule has 0 saturated carbocycles. The Morgan fingerprint density at radius 2 is 0.870 bits per heavy atom. The Hall–Kier alpha value is -7.17. The van der Waals surface area contributed by atoms with Gasteiger partial charge >= 0.3 is 0 Å². The first-order valence-electron chi connectivity index (χ1n) is 18.3. The molecule has 2 aliphatic rings. The van der Waals surface area contributed by atoms with Crippen molar-refractivity contribution in [2.45, 2.75) is 5.41 Å². The van der Waals surface area contributed by atoms with Crippen LogP contribution in [-0.2, 0) is 5.41 Å². The van der Waals surface area contributed by atoms with Gasteiger partial charge < -0.3 is 4.74 Å². The van der Waals surface area contributed by atoms with E-state index in [1.165, 1.54) is 21.9 Å². The van der Waals surface area contributed by atoms with Crippen LogP contribution in [0.15, 0.2) is 188 Å². The molecule has 2 heterocycles. The van der Waals surface area contributed by atoms with E-state index in [2.05, 4.69) is 158 Å². The zero-order valence-electron chi connectivity index (χ0n) is 29.1. The van der Waals surface area contributed by atoms with Crippen molar-refractivity contribution in [3.8, 4) is 67.9 Å². The predicted octanol–water partition coefficient (Wildman–Crippen LogP) is 12.2. The van der Waals surface area contributed by atoms with Crippen molar-refractivity contribution < 1.29 is 4.74 Å². The van der Waals surface area contributed by atoms with E-state index in [0.29, 0.717) is 17.5 Å². The van der Waals surface area contributed by atoms with Gasteiger partial charge in [0, 0.05) is 27.8 Å². The third kappa shape index (κ3) is 4.47. The molecule has 0 atom stereocenters. The summed E-state index contributed by atoms with van der Waals surface area (Å²) in [5, 5.41) is 2.40. The molecule has 0 radical (unpaired) electrons. The Morgan fingerprint density at radius 3 is 1.63 bits per heavy atom. The number of fused-ring (bicyclic) bond motifs is 10. The van der Waals surface area contributed by atoms with E-state index in [1.54, 1.807) is 0 Å². The van der Waals surface area contributed by atoms with Crippen LogP contribution in [0.4, 0.5) is 0 Å². The van der Waals surface area contributed by atoms with Crippen molar-refractivity contribution in [1.29, 1.82) is 0 Å². The van der Waals surface area contributed by atoms with Crippen molar-refractivity contribution in [3.63, 3.8) is 0 Å². The molecule has 0 amide bonds.